The van der Waals surface area contributed by atoms with Gasteiger partial charge in [-0.15, -0.1) is 0 Å². The van der Waals surface area contributed by atoms with E-state index in [1.54, 1.807) is 6.07 Å². The second-order valence-electron chi connectivity index (χ2n) is 5.55. The molecular weight excluding hydrogens is 260 g/mol. The Bertz CT molecular complexity index is 438. The molecule has 1 heterocycles. The van der Waals surface area contributed by atoms with Crippen LogP contribution in [-0.4, -0.2) is 48.9 Å². The average molecular weight is 281 g/mol. The summed E-state index contributed by atoms with van der Waals surface area (Å²) in [6.07, 6.45) is 2.26. The third-order valence-corrected chi connectivity index (χ3v) is 3.56. The highest BCUT2D eigenvalue weighted by Crippen LogP contribution is 2.15. The summed E-state index contributed by atoms with van der Waals surface area (Å²) in [4.78, 5) is 2.11. The van der Waals surface area contributed by atoms with Crippen molar-refractivity contribution in [1.82, 2.24) is 4.90 Å². The standard InChI is InChI=1S/C14H21BFNO3/c1-17(8-11-3-2-4-20-10-11)9-12-5-13(15(18)19)7-14(16)6-12/h5-7,11,18-19H,2-4,8-10H2,1H3. The fourth-order valence-corrected chi connectivity index (χ4v) is 2.68. The van der Waals surface area contributed by atoms with Crippen molar-refractivity contribution < 1.29 is 19.2 Å². The van der Waals surface area contributed by atoms with Crippen LogP contribution < -0.4 is 5.46 Å². The Morgan fingerprint density at radius 1 is 1.40 bits per heavy atom. The van der Waals surface area contributed by atoms with Gasteiger partial charge in [0, 0.05) is 19.7 Å². The minimum absolute atomic E-state index is 0.189. The molecule has 1 fully saturated rings. The van der Waals surface area contributed by atoms with Crippen molar-refractivity contribution in [3.05, 3.63) is 29.6 Å². The number of rotatable bonds is 5. The van der Waals surface area contributed by atoms with Gasteiger partial charge in [-0.05, 0) is 49.0 Å². The third kappa shape index (κ3) is 4.56. The molecule has 1 atom stereocenters. The van der Waals surface area contributed by atoms with E-state index in [4.69, 9.17) is 14.8 Å². The maximum atomic E-state index is 13.4. The van der Waals surface area contributed by atoms with Crippen LogP contribution >= 0.6 is 0 Å². The second-order valence-corrected chi connectivity index (χ2v) is 5.55. The lowest BCUT2D eigenvalue weighted by Crippen LogP contribution is -2.33. The van der Waals surface area contributed by atoms with Gasteiger partial charge in [0.2, 0.25) is 0 Å². The monoisotopic (exact) mass is 281 g/mol. The minimum Gasteiger partial charge on any atom is -0.423 e. The molecule has 1 aliphatic rings. The van der Waals surface area contributed by atoms with Crippen LogP contribution in [0.25, 0.3) is 0 Å². The first-order chi connectivity index (χ1) is 9.54. The Labute approximate surface area is 119 Å². The zero-order chi connectivity index (χ0) is 14.5. The van der Waals surface area contributed by atoms with Crippen molar-refractivity contribution in [2.45, 2.75) is 19.4 Å². The SMILES string of the molecule is CN(Cc1cc(F)cc(B(O)O)c1)CC1CCCOC1. The smallest absolute Gasteiger partial charge is 0.423 e. The van der Waals surface area contributed by atoms with E-state index >= 15 is 0 Å². The van der Waals surface area contributed by atoms with Crippen LogP contribution in [0.2, 0.25) is 0 Å². The van der Waals surface area contributed by atoms with E-state index in [2.05, 4.69) is 4.90 Å². The number of benzene rings is 1. The number of hydrogen-bond acceptors (Lipinski definition) is 4. The number of ether oxygens (including phenoxy) is 1. The quantitative estimate of drug-likeness (QED) is 0.765. The van der Waals surface area contributed by atoms with Gasteiger partial charge in [0.15, 0.2) is 0 Å². The maximum Gasteiger partial charge on any atom is 0.488 e. The summed E-state index contributed by atoms with van der Waals surface area (Å²) in [7, 11) is 0.343. The molecule has 1 unspecified atom stereocenters. The lowest BCUT2D eigenvalue weighted by molar-refractivity contribution is 0.0411. The summed E-state index contributed by atoms with van der Waals surface area (Å²) >= 11 is 0. The van der Waals surface area contributed by atoms with Crippen LogP contribution in [-0.2, 0) is 11.3 Å². The van der Waals surface area contributed by atoms with Crippen molar-refractivity contribution in [3.8, 4) is 0 Å². The number of halogens is 1. The van der Waals surface area contributed by atoms with E-state index in [0.29, 0.717) is 12.5 Å². The fourth-order valence-electron chi connectivity index (χ4n) is 2.68. The Morgan fingerprint density at radius 3 is 2.85 bits per heavy atom. The van der Waals surface area contributed by atoms with Crippen LogP contribution in [0.15, 0.2) is 18.2 Å². The average Bonchev–Trinajstić information content (AvgIpc) is 2.38. The van der Waals surface area contributed by atoms with E-state index < -0.39 is 12.9 Å². The first kappa shape index (κ1) is 15.4. The molecule has 0 radical (unpaired) electrons. The van der Waals surface area contributed by atoms with Crippen molar-refractivity contribution in [2.75, 3.05) is 26.8 Å². The molecule has 0 spiro atoms. The molecule has 20 heavy (non-hydrogen) atoms. The Kier molecular flexibility index (Phi) is 5.54. The third-order valence-electron chi connectivity index (χ3n) is 3.56. The number of hydrogen-bond donors (Lipinski definition) is 2. The fraction of sp³-hybridized carbons (Fsp3) is 0.571. The van der Waals surface area contributed by atoms with Gasteiger partial charge in [0.05, 0.1) is 6.61 Å². The molecule has 2 N–H and O–H groups in total. The predicted octanol–water partition coefficient (Wildman–Crippen LogP) is 0.364. The van der Waals surface area contributed by atoms with Crippen LogP contribution in [0.5, 0.6) is 0 Å². The summed E-state index contributed by atoms with van der Waals surface area (Å²) in [5.41, 5.74) is 0.932. The molecule has 1 saturated heterocycles. The van der Waals surface area contributed by atoms with E-state index in [1.807, 2.05) is 7.05 Å². The topological polar surface area (TPSA) is 52.9 Å². The van der Waals surface area contributed by atoms with Gasteiger partial charge in [-0.25, -0.2) is 4.39 Å². The van der Waals surface area contributed by atoms with Crippen LogP contribution in [0.1, 0.15) is 18.4 Å². The lowest BCUT2D eigenvalue weighted by atomic mass is 9.79. The maximum absolute atomic E-state index is 13.4. The van der Waals surface area contributed by atoms with Crippen molar-refractivity contribution >= 4 is 12.6 Å². The molecule has 1 aliphatic heterocycles. The van der Waals surface area contributed by atoms with E-state index in [1.165, 1.54) is 6.07 Å². The van der Waals surface area contributed by atoms with Gasteiger partial charge in [0.1, 0.15) is 5.82 Å². The van der Waals surface area contributed by atoms with Gasteiger partial charge in [-0.3, -0.25) is 0 Å². The lowest BCUT2D eigenvalue weighted by Gasteiger charge is -2.27. The molecule has 0 aromatic heterocycles. The molecule has 0 saturated carbocycles. The molecule has 0 amide bonds. The summed E-state index contributed by atoms with van der Waals surface area (Å²) in [5.74, 6) is 0.0743. The summed E-state index contributed by atoms with van der Waals surface area (Å²) in [5, 5.41) is 18.3. The van der Waals surface area contributed by atoms with Crippen molar-refractivity contribution in [2.24, 2.45) is 5.92 Å². The highest BCUT2D eigenvalue weighted by molar-refractivity contribution is 6.58. The van der Waals surface area contributed by atoms with Crippen LogP contribution in [0.4, 0.5) is 4.39 Å². The Hall–Kier alpha value is -0.945. The van der Waals surface area contributed by atoms with Gasteiger partial charge >= 0.3 is 7.12 Å². The largest absolute Gasteiger partial charge is 0.488 e. The molecule has 110 valence electrons. The predicted molar refractivity (Wildman–Crippen MR) is 76.1 cm³/mol. The molecule has 6 heteroatoms. The highest BCUT2D eigenvalue weighted by atomic mass is 19.1. The van der Waals surface area contributed by atoms with Gasteiger partial charge in [-0.2, -0.15) is 0 Å². The highest BCUT2D eigenvalue weighted by Gasteiger charge is 2.17. The minimum atomic E-state index is -1.64. The van der Waals surface area contributed by atoms with Crippen LogP contribution in [0.3, 0.4) is 0 Å². The zero-order valence-electron chi connectivity index (χ0n) is 11.8. The van der Waals surface area contributed by atoms with Crippen molar-refractivity contribution in [3.63, 3.8) is 0 Å². The van der Waals surface area contributed by atoms with E-state index in [0.717, 1.165) is 44.2 Å². The first-order valence-electron chi connectivity index (χ1n) is 6.96. The van der Waals surface area contributed by atoms with Gasteiger partial charge in [0.25, 0.3) is 0 Å². The molecule has 0 bridgehead atoms. The zero-order valence-corrected chi connectivity index (χ0v) is 11.8. The first-order valence-corrected chi connectivity index (χ1v) is 6.96. The summed E-state index contributed by atoms with van der Waals surface area (Å²) in [6, 6.07) is 4.20. The summed E-state index contributed by atoms with van der Waals surface area (Å²) < 4.78 is 18.9. The van der Waals surface area contributed by atoms with Gasteiger partial charge in [-0.1, -0.05) is 6.07 Å². The summed E-state index contributed by atoms with van der Waals surface area (Å²) in [6.45, 7) is 3.11. The molecular formula is C14H21BFNO3. The molecule has 2 rings (SSSR count). The second kappa shape index (κ2) is 7.17. The van der Waals surface area contributed by atoms with Crippen LogP contribution in [0, 0.1) is 11.7 Å². The molecule has 1 aromatic rings. The van der Waals surface area contributed by atoms with E-state index in [9.17, 15) is 4.39 Å². The number of nitrogens with zero attached hydrogens (tertiary/aromatic N) is 1. The molecule has 4 nitrogen and oxygen atoms in total. The van der Waals surface area contributed by atoms with E-state index in [-0.39, 0.29) is 5.46 Å². The van der Waals surface area contributed by atoms with Gasteiger partial charge < -0.3 is 19.7 Å². The Morgan fingerprint density at radius 2 is 2.20 bits per heavy atom. The molecule has 1 aromatic carbocycles. The molecule has 0 aliphatic carbocycles. The Balaban J connectivity index is 1.94. The normalized spacial score (nSPS) is 19.4. The van der Waals surface area contributed by atoms with Crippen molar-refractivity contribution in [1.29, 1.82) is 0 Å².